The maximum absolute atomic E-state index is 11.6. The third kappa shape index (κ3) is 4.55. The molecule has 1 fully saturated rings. The zero-order chi connectivity index (χ0) is 17.8. The number of carbonyl (C=O) groups excluding carboxylic acids is 2. The zero-order valence-corrected chi connectivity index (χ0v) is 16.2. The molecule has 1 N–H and O–H groups in total. The largest absolute Gasteiger partial charge is 0.493 e. The van der Waals surface area contributed by atoms with Gasteiger partial charge in [-0.25, -0.2) is 0 Å². The summed E-state index contributed by atoms with van der Waals surface area (Å²) in [6, 6.07) is 13.5. The second kappa shape index (κ2) is 7.92. The van der Waals surface area contributed by atoms with E-state index in [1.165, 1.54) is 3.57 Å². The molecule has 5 nitrogen and oxygen atoms in total. The summed E-state index contributed by atoms with van der Waals surface area (Å²) < 4.78 is 12.4. The second-order valence-corrected chi connectivity index (χ2v) is 7.44. The van der Waals surface area contributed by atoms with E-state index in [1.54, 1.807) is 25.3 Å². The minimum absolute atomic E-state index is 0.360. The normalized spacial score (nSPS) is 15.4. The SMILES string of the molecule is COc1cc(C=C2SC(=O)NC2=O)ccc1OCc1ccc(I)cc1. The van der Waals surface area contributed by atoms with Crippen LogP contribution in [0.25, 0.3) is 6.08 Å². The van der Waals surface area contributed by atoms with Gasteiger partial charge in [-0.3, -0.25) is 14.9 Å². The van der Waals surface area contributed by atoms with E-state index in [-0.39, 0.29) is 11.1 Å². The fourth-order valence-corrected chi connectivity index (χ4v) is 3.25. The number of thioether (sulfide) groups is 1. The molecule has 1 aliphatic rings. The number of methoxy groups -OCH3 is 1. The number of hydrogen-bond acceptors (Lipinski definition) is 5. The van der Waals surface area contributed by atoms with Crippen LogP contribution in [0.4, 0.5) is 4.79 Å². The van der Waals surface area contributed by atoms with E-state index >= 15 is 0 Å². The molecule has 1 aliphatic heterocycles. The van der Waals surface area contributed by atoms with E-state index in [1.807, 2.05) is 30.3 Å². The Morgan fingerprint density at radius 3 is 2.52 bits per heavy atom. The van der Waals surface area contributed by atoms with Crippen LogP contribution < -0.4 is 14.8 Å². The molecule has 0 spiro atoms. The molecule has 2 aromatic carbocycles. The highest BCUT2D eigenvalue weighted by Gasteiger charge is 2.25. The Hall–Kier alpha value is -2.00. The van der Waals surface area contributed by atoms with Crippen LogP contribution in [0.2, 0.25) is 0 Å². The lowest BCUT2D eigenvalue weighted by Crippen LogP contribution is -2.17. The summed E-state index contributed by atoms with van der Waals surface area (Å²) in [4.78, 5) is 23.2. The molecule has 25 heavy (non-hydrogen) atoms. The monoisotopic (exact) mass is 467 g/mol. The molecule has 1 heterocycles. The molecule has 7 heteroatoms. The standard InChI is InChI=1S/C18H14INO4S/c1-23-15-8-12(9-16-17(21)20-18(22)25-16)4-7-14(15)24-10-11-2-5-13(19)6-3-11/h2-9H,10H2,1H3,(H,20,21,22). The number of carbonyl (C=O) groups is 2. The molecule has 0 aliphatic carbocycles. The highest BCUT2D eigenvalue weighted by Crippen LogP contribution is 2.32. The van der Waals surface area contributed by atoms with E-state index in [2.05, 4.69) is 27.9 Å². The minimum atomic E-state index is -0.381. The van der Waals surface area contributed by atoms with Crippen molar-refractivity contribution < 1.29 is 19.1 Å². The number of rotatable bonds is 5. The van der Waals surface area contributed by atoms with Gasteiger partial charge in [0.05, 0.1) is 12.0 Å². The number of benzene rings is 2. The summed E-state index contributed by atoms with van der Waals surface area (Å²) >= 11 is 3.14. The first-order chi connectivity index (χ1) is 12.0. The fraction of sp³-hybridized carbons (Fsp3) is 0.111. The summed E-state index contributed by atoms with van der Waals surface area (Å²) in [5.74, 6) is 0.797. The summed E-state index contributed by atoms with van der Waals surface area (Å²) in [7, 11) is 1.56. The van der Waals surface area contributed by atoms with Gasteiger partial charge in [-0.05, 0) is 75.8 Å². The number of halogens is 1. The maximum atomic E-state index is 11.6. The highest BCUT2D eigenvalue weighted by molar-refractivity contribution is 14.1. The van der Waals surface area contributed by atoms with E-state index < -0.39 is 0 Å². The predicted octanol–water partition coefficient (Wildman–Crippen LogP) is 4.20. The molecule has 0 unspecified atom stereocenters. The fourth-order valence-electron chi connectivity index (χ4n) is 2.21. The molecule has 0 saturated carbocycles. The van der Waals surface area contributed by atoms with Crippen molar-refractivity contribution in [3.05, 3.63) is 62.1 Å². The molecular weight excluding hydrogens is 453 g/mol. The van der Waals surface area contributed by atoms with Crippen LogP contribution in [0.15, 0.2) is 47.4 Å². The van der Waals surface area contributed by atoms with Crippen molar-refractivity contribution in [2.75, 3.05) is 7.11 Å². The Kier molecular flexibility index (Phi) is 5.64. The van der Waals surface area contributed by atoms with Crippen molar-refractivity contribution >= 4 is 51.6 Å². The predicted molar refractivity (Wildman–Crippen MR) is 106 cm³/mol. The van der Waals surface area contributed by atoms with Crippen LogP contribution in [0.1, 0.15) is 11.1 Å². The van der Waals surface area contributed by atoms with E-state index in [0.29, 0.717) is 23.0 Å². The van der Waals surface area contributed by atoms with Crippen LogP contribution >= 0.6 is 34.4 Å². The molecule has 0 radical (unpaired) electrons. The number of ether oxygens (including phenoxy) is 2. The van der Waals surface area contributed by atoms with E-state index in [9.17, 15) is 9.59 Å². The summed E-state index contributed by atoms with van der Waals surface area (Å²) in [6.45, 7) is 0.431. The van der Waals surface area contributed by atoms with Gasteiger partial charge < -0.3 is 9.47 Å². The molecule has 0 atom stereocenters. The first kappa shape index (κ1) is 17.8. The van der Waals surface area contributed by atoms with Crippen molar-refractivity contribution in [2.45, 2.75) is 6.61 Å². The number of hydrogen-bond donors (Lipinski definition) is 1. The van der Waals surface area contributed by atoms with Crippen LogP contribution in [-0.2, 0) is 11.4 Å². The van der Waals surface area contributed by atoms with Gasteiger partial charge in [0, 0.05) is 3.57 Å². The number of imide groups is 1. The van der Waals surface area contributed by atoms with Gasteiger partial charge in [-0.1, -0.05) is 18.2 Å². The summed E-state index contributed by atoms with van der Waals surface area (Å²) in [5.41, 5.74) is 1.82. The molecule has 0 aromatic heterocycles. The molecule has 128 valence electrons. The van der Waals surface area contributed by atoms with Gasteiger partial charge >= 0.3 is 0 Å². The highest BCUT2D eigenvalue weighted by atomic mass is 127. The quantitative estimate of drug-likeness (QED) is 0.528. The van der Waals surface area contributed by atoms with Crippen molar-refractivity contribution in [3.63, 3.8) is 0 Å². The van der Waals surface area contributed by atoms with Crippen LogP contribution in [0, 0.1) is 3.57 Å². The maximum Gasteiger partial charge on any atom is 0.290 e. The first-order valence-corrected chi connectivity index (χ1v) is 9.25. The lowest BCUT2D eigenvalue weighted by atomic mass is 10.2. The topological polar surface area (TPSA) is 64.6 Å². The average molecular weight is 467 g/mol. The molecule has 2 aromatic rings. The molecule has 0 bridgehead atoms. The third-order valence-corrected chi connectivity index (χ3v) is 4.96. The first-order valence-electron chi connectivity index (χ1n) is 7.35. The van der Waals surface area contributed by atoms with Crippen molar-refractivity contribution in [3.8, 4) is 11.5 Å². The Labute approximate surface area is 162 Å². The number of amides is 2. The van der Waals surface area contributed by atoms with Gasteiger partial charge in [0.25, 0.3) is 11.1 Å². The van der Waals surface area contributed by atoms with Crippen molar-refractivity contribution in [2.24, 2.45) is 0 Å². The van der Waals surface area contributed by atoms with Gasteiger partial charge in [-0.2, -0.15) is 0 Å². The molecule has 2 amide bonds. The van der Waals surface area contributed by atoms with Crippen LogP contribution in [0.5, 0.6) is 11.5 Å². The Morgan fingerprint density at radius 2 is 1.88 bits per heavy atom. The summed E-state index contributed by atoms with van der Waals surface area (Å²) in [6.07, 6.45) is 1.65. The van der Waals surface area contributed by atoms with Gasteiger partial charge in [0.2, 0.25) is 0 Å². The van der Waals surface area contributed by atoms with Crippen LogP contribution in [0.3, 0.4) is 0 Å². The molecule has 3 rings (SSSR count). The number of nitrogens with one attached hydrogen (secondary N) is 1. The van der Waals surface area contributed by atoms with Crippen LogP contribution in [-0.4, -0.2) is 18.3 Å². The average Bonchev–Trinajstić information content (AvgIpc) is 2.92. The van der Waals surface area contributed by atoms with Crippen molar-refractivity contribution in [1.29, 1.82) is 0 Å². The Bertz CT molecular complexity index is 849. The van der Waals surface area contributed by atoms with Gasteiger partial charge in [0.15, 0.2) is 11.5 Å². The second-order valence-electron chi connectivity index (χ2n) is 5.18. The molecule has 1 saturated heterocycles. The van der Waals surface area contributed by atoms with E-state index in [0.717, 1.165) is 22.9 Å². The Morgan fingerprint density at radius 1 is 1.12 bits per heavy atom. The minimum Gasteiger partial charge on any atom is -0.493 e. The molecular formula is C18H14INO4S. The summed E-state index contributed by atoms with van der Waals surface area (Å²) in [5, 5.41) is 1.87. The Balaban J connectivity index is 1.75. The lowest BCUT2D eigenvalue weighted by molar-refractivity contribution is -0.115. The van der Waals surface area contributed by atoms with Crippen molar-refractivity contribution in [1.82, 2.24) is 5.32 Å². The van der Waals surface area contributed by atoms with Gasteiger partial charge in [0.1, 0.15) is 6.61 Å². The smallest absolute Gasteiger partial charge is 0.290 e. The zero-order valence-electron chi connectivity index (χ0n) is 13.2. The van der Waals surface area contributed by atoms with E-state index in [4.69, 9.17) is 9.47 Å². The third-order valence-electron chi connectivity index (χ3n) is 3.44. The lowest BCUT2D eigenvalue weighted by Gasteiger charge is -2.11. The van der Waals surface area contributed by atoms with Gasteiger partial charge in [-0.15, -0.1) is 0 Å².